The van der Waals surface area contributed by atoms with Crippen LogP contribution in [0.2, 0.25) is 0 Å². The number of carbonyl (C=O) groups is 2. The number of aliphatic carboxylic acids is 1. The van der Waals surface area contributed by atoms with Crippen LogP contribution in [0.15, 0.2) is 47.4 Å². The number of amides is 1. The van der Waals surface area contributed by atoms with Crippen LogP contribution in [0.1, 0.15) is 27.9 Å². The van der Waals surface area contributed by atoms with Gasteiger partial charge in [-0.15, -0.1) is 11.8 Å². The topological polar surface area (TPSA) is 115 Å². The van der Waals surface area contributed by atoms with E-state index in [0.29, 0.717) is 11.1 Å². The highest BCUT2D eigenvalue weighted by molar-refractivity contribution is 7.99. The van der Waals surface area contributed by atoms with Crippen molar-refractivity contribution in [1.29, 1.82) is 0 Å². The minimum atomic E-state index is -0.884. The van der Waals surface area contributed by atoms with E-state index in [4.69, 9.17) is 5.11 Å². The molecular weight excluding hydrogens is 414 g/mol. The molecule has 0 aliphatic heterocycles. The maximum absolute atomic E-state index is 13.0. The van der Waals surface area contributed by atoms with E-state index in [1.54, 1.807) is 12.1 Å². The number of anilines is 1. The number of carboxylic acid groups (broad SMARTS) is 1. The van der Waals surface area contributed by atoms with E-state index in [-0.39, 0.29) is 23.7 Å². The molecular formula is C23H21N3O4S. The number of phenols is 1. The maximum Gasteiger partial charge on any atom is 0.304 e. The molecule has 31 heavy (non-hydrogen) atoms. The molecule has 3 aromatic carbocycles. The number of hydrogen-bond acceptors (Lipinski definition) is 5. The molecule has 1 heterocycles. The van der Waals surface area contributed by atoms with E-state index in [9.17, 15) is 14.7 Å². The van der Waals surface area contributed by atoms with Crippen LogP contribution in [-0.2, 0) is 4.79 Å². The molecule has 0 fully saturated rings. The largest absolute Gasteiger partial charge is 0.506 e. The van der Waals surface area contributed by atoms with Crippen LogP contribution in [0.4, 0.5) is 5.95 Å². The van der Waals surface area contributed by atoms with Gasteiger partial charge in [-0.25, -0.2) is 4.98 Å². The summed E-state index contributed by atoms with van der Waals surface area (Å²) in [5.41, 5.74) is 3.64. The Hall–Kier alpha value is -3.52. The summed E-state index contributed by atoms with van der Waals surface area (Å²) in [7, 11) is 0. The van der Waals surface area contributed by atoms with Crippen LogP contribution in [0.25, 0.3) is 21.8 Å². The third-order valence-corrected chi connectivity index (χ3v) is 6.03. The third kappa shape index (κ3) is 4.20. The van der Waals surface area contributed by atoms with E-state index in [2.05, 4.69) is 15.3 Å². The van der Waals surface area contributed by atoms with Gasteiger partial charge in [-0.05, 0) is 43.2 Å². The number of rotatable bonds is 6. The smallest absolute Gasteiger partial charge is 0.304 e. The second-order valence-corrected chi connectivity index (χ2v) is 8.46. The van der Waals surface area contributed by atoms with Crippen molar-refractivity contribution in [2.24, 2.45) is 0 Å². The Balaban J connectivity index is 1.72. The highest BCUT2D eigenvalue weighted by Gasteiger charge is 2.20. The average molecular weight is 436 g/mol. The summed E-state index contributed by atoms with van der Waals surface area (Å²) >= 11 is 1.35. The highest BCUT2D eigenvalue weighted by atomic mass is 32.2. The summed E-state index contributed by atoms with van der Waals surface area (Å²) in [5.74, 6) is -0.865. The predicted molar refractivity (Wildman–Crippen MR) is 122 cm³/mol. The molecule has 0 aliphatic rings. The van der Waals surface area contributed by atoms with Crippen LogP contribution >= 0.6 is 11.8 Å². The Bertz CT molecular complexity index is 1330. The van der Waals surface area contributed by atoms with Gasteiger partial charge in [0, 0.05) is 21.4 Å². The summed E-state index contributed by atoms with van der Waals surface area (Å²) in [6.45, 7) is 3.89. The molecule has 4 N–H and O–H groups in total. The van der Waals surface area contributed by atoms with E-state index in [1.807, 2.05) is 44.2 Å². The molecule has 0 unspecified atom stereocenters. The fourth-order valence-corrected chi connectivity index (χ4v) is 4.61. The summed E-state index contributed by atoms with van der Waals surface area (Å²) in [6.07, 6.45) is -0.00114. The number of nitrogens with zero attached hydrogens (tertiary/aromatic N) is 1. The minimum Gasteiger partial charge on any atom is -0.506 e. The number of carboxylic acids is 1. The number of hydrogen-bond donors (Lipinski definition) is 4. The highest BCUT2D eigenvalue weighted by Crippen LogP contribution is 2.38. The molecule has 0 atom stereocenters. The monoisotopic (exact) mass is 435 g/mol. The number of imidazole rings is 1. The molecule has 0 aliphatic carbocycles. The van der Waals surface area contributed by atoms with Crippen molar-refractivity contribution in [1.82, 2.24) is 9.97 Å². The summed E-state index contributed by atoms with van der Waals surface area (Å²) in [5, 5.41) is 23.9. The van der Waals surface area contributed by atoms with Gasteiger partial charge in [-0.3, -0.25) is 14.9 Å². The fraction of sp³-hybridized carbons (Fsp3) is 0.174. The lowest BCUT2D eigenvalue weighted by atomic mass is 10.0. The molecule has 7 nitrogen and oxygen atoms in total. The van der Waals surface area contributed by atoms with Gasteiger partial charge in [0.25, 0.3) is 5.91 Å². The number of aromatic amines is 1. The van der Waals surface area contributed by atoms with Gasteiger partial charge < -0.3 is 15.2 Å². The Morgan fingerprint density at radius 1 is 1.16 bits per heavy atom. The van der Waals surface area contributed by atoms with Crippen LogP contribution in [0, 0.1) is 13.8 Å². The van der Waals surface area contributed by atoms with Crippen molar-refractivity contribution in [3.05, 3.63) is 59.2 Å². The number of carbonyl (C=O) groups excluding carboxylic acids is 1. The zero-order valence-electron chi connectivity index (χ0n) is 17.0. The number of benzene rings is 3. The SMILES string of the molecule is Cc1ccc2nc(NC(=O)c3cc(SCCC(=O)O)c4c(C)cccc4c3O)[nH]c2c1. The molecule has 0 bridgehead atoms. The van der Waals surface area contributed by atoms with E-state index >= 15 is 0 Å². The van der Waals surface area contributed by atoms with Crippen LogP contribution in [0.5, 0.6) is 5.75 Å². The molecule has 4 aromatic rings. The predicted octanol–water partition coefficient (Wildman–Crippen LogP) is 4.86. The molecule has 1 amide bonds. The standard InChI is InChI=1S/C23H21N3O4S/c1-12-6-7-16-17(10-12)25-23(24-16)26-22(30)15-11-18(31-9-8-19(27)28)20-13(2)4-3-5-14(20)21(15)29/h3-7,10-11,29H,8-9H2,1-2H3,(H,27,28)(H2,24,25,26,30). The van der Waals surface area contributed by atoms with Crippen LogP contribution in [0.3, 0.4) is 0 Å². The summed E-state index contributed by atoms with van der Waals surface area (Å²) in [4.78, 5) is 32.1. The van der Waals surface area contributed by atoms with Crippen molar-refractivity contribution in [2.75, 3.05) is 11.1 Å². The second-order valence-electron chi connectivity index (χ2n) is 7.32. The number of aromatic hydroxyl groups is 1. The van der Waals surface area contributed by atoms with Gasteiger partial charge in [0.1, 0.15) is 5.75 Å². The molecule has 8 heteroatoms. The van der Waals surface area contributed by atoms with Crippen molar-refractivity contribution in [3.63, 3.8) is 0 Å². The first-order valence-corrected chi connectivity index (χ1v) is 10.7. The molecule has 158 valence electrons. The first kappa shape index (κ1) is 20.7. The number of aromatic nitrogens is 2. The lowest BCUT2D eigenvalue weighted by molar-refractivity contribution is -0.136. The molecule has 0 spiro atoms. The van der Waals surface area contributed by atoms with Gasteiger partial charge in [-0.2, -0.15) is 0 Å². The molecule has 4 rings (SSSR count). The van der Waals surface area contributed by atoms with Crippen molar-refractivity contribution in [2.45, 2.75) is 25.2 Å². The van der Waals surface area contributed by atoms with E-state index < -0.39 is 11.9 Å². The van der Waals surface area contributed by atoms with E-state index in [0.717, 1.165) is 32.4 Å². The average Bonchev–Trinajstić information content (AvgIpc) is 3.10. The number of nitrogens with one attached hydrogen (secondary N) is 2. The van der Waals surface area contributed by atoms with Crippen LogP contribution in [-0.4, -0.2) is 37.8 Å². The zero-order chi connectivity index (χ0) is 22.1. The lowest BCUT2D eigenvalue weighted by Crippen LogP contribution is -2.13. The summed E-state index contributed by atoms with van der Waals surface area (Å²) in [6, 6.07) is 12.8. The van der Waals surface area contributed by atoms with Gasteiger partial charge in [0.2, 0.25) is 5.95 Å². The number of phenolic OH excluding ortho intramolecular Hbond substituents is 1. The number of thioether (sulfide) groups is 1. The fourth-order valence-electron chi connectivity index (χ4n) is 3.50. The third-order valence-electron chi connectivity index (χ3n) is 4.99. The van der Waals surface area contributed by atoms with E-state index in [1.165, 1.54) is 11.8 Å². The molecule has 1 aromatic heterocycles. The van der Waals surface area contributed by atoms with Gasteiger partial charge in [0.15, 0.2) is 0 Å². The van der Waals surface area contributed by atoms with Gasteiger partial charge in [-0.1, -0.05) is 24.3 Å². The Morgan fingerprint density at radius 2 is 1.97 bits per heavy atom. The van der Waals surface area contributed by atoms with Crippen LogP contribution < -0.4 is 5.32 Å². The Kier molecular flexibility index (Phi) is 5.56. The lowest BCUT2D eigenvalue weighted by Gasteiger charge is -2.14. The number of H-pyrrole nitrogens is 1. The zero-order valence-corrected chi connectivity index (χ0v) is 17.8. The Morgan fingerprint density at radius 3 is 2.74 bits per heavy atom. The maximum atomic E-state index is 13.0. The van der Waals surface area contributed by atoms with Gasteiger partial charge in [0.05, 0.1) is 23.0 Å². The Labute approximate surface area is 182 Å². The first-order chi connectivity index (χ1) is 14.8. The van der Waals surface area contributed by atoms with Crippen molar-refractivity contribution >= 4 is 51.4 Å². The van der Waals surface area contributed by atoms with Crippen molar-refractivity contribution < 1.29 is 19.8 Å². The quantitative estimate of drug-likeness (QED) is 0.322. The van der Waals surface area contributed by atoms with Crippen molar-refractivity contribution in [3.8, 4) is 5.75 Å². The first-order valence-electron chi connectivity index (χ1n) is 9.71. The normalized spacial score (nSPS) is 11.2. The molecule has 0 saturated heterocycles. The van der Waals surface area contributed by atoms with Gasteiger partial charge >= 0.3 is 5.97 Å². The second kappa shape index (κ2) is 8.31. The summed E-state index contributed by atoms with van der Waals surface area (Å²) < 4.78 is 0. The minimum absolute atomic E-state index is 0.00114. The molecule has 0 saturated carbocycles. The number of aryl methyl sites for hydroxylation is 2. The molecule has 0 radical (unpaired) electrons. The number of fused-ring (bicyclic) bond motifs is 2.